The van der Waals surface area contributed by atoms with E-state index in [2.05, 4.69) is 10.6 Å². The lowest BCUT2D eigenvalue weighted by molar-refractivity contribution is -0.123. The Morgan fingerprint density at radius 2 is 1.81 bits per heavy atom. The number of amides is 2. The Balaban J connectivity index is 2.02. The van der Waals surface area contributed by atoms with E-state index in [0.29, 0.717) is 17.7 Å². The number of nitrogens with one attached hydrogen (secondary N) is 2. The minimum absolute atomic E-state index is 0.0714. The Morgan fingerprint density at radius 3 is 2.48 bits per heavy atom. The summed E-state index contributed by atoms with van der Waals surface area (Å²) in [5.41, 5.74) is 0.452. The predicted octanol–water partition coefficient (Wildman–Crippen LogP) is 3.78. The molecular formula is C21H32N2O3S. The third kappa shape index (κ3) is 7.09. The summed E-state index contributed by atoms with van der Waals surface area (Å²) >= 11 is 1.67. The largest absolute Gasteiger partial charge is 0.496 e. The molecule has 1 aromatic rings. The smallest absolute Gasteiger partial charge is 0.255 e. The van der Waals surface area contributed by atoms with Gasteiger partial charge in [-0.05, 0) is 43.4 Å². The molecule has 2 amide bonds. The quantitative estimate of drug-likeness (QED) is 0.707. The van der Waals surface area contributed by atoms with Crippen LogP contribution in [-0.4, -0.2) is 43.0 Å². The lowest BCUT2D eigenvalue weighted by Gasteiger charge is -2.25. The van der Waals surface area contributed by atoms with Gasteiger partial charge in [0.1, 0.15) is 11.8 Å². The van der Waals surface area contributed by atoms with Crippen molar-refractivity contribution in [2.45, 2.75) is 63.5 Å². The number of hydrogen-bond donors (Lipinski definition) is 2. The highest BCUT2D eigenvalue weighted by atomic mass is 32.2. The molecule has 2 rings (SSSR count). The molecule has 5 nitrogen and oxygen atoms in total. The van der Waals surface area contributed by atoms with Gasteiger partial charge in [0.25, 0.3) is 5.91 Å². The number of ether oxygens (including phenoxy) is 1. The summed E-state index contributed by atoms with van der Waals surface area (Å²) in [4.78, 5) is 25.6. The third-order valence-corrected chi connectivity index (χ3v) is 5.68. The molecule has 0 saturated heterocycles. The first-order valence-corrected chi connectivity index (χ1v) is 11.3. The van der Waals surface area contributed by atoms with Gasteiger partial charge in [0.2, 0.25) is 5.91 Å². The third-order valence-electron chi connectivity index (χ3n) is 5.04. The Kier molecular flexibility index (Phi) is 9.53. The number of carbonyl (C=O) groups excluding carboxylic acids is 2. The van der Waals surface area contributed by atoms with Crippen LogP contribution in [0.15, 0.2) is 24.3 Å². The van der Waals surface area contributed by atoms with Crippen LogP contribution in [0.2, 0.25) is 0 Å². The molecule has 0 heterocycles. The summed E-state index contributed by atoms with van der Waals surface area (Å²) < 4.78 is 5.27. The first kappa shape index (κ1) is 21.6. The normalized spacial score (nSPS) is 16.7. The lowest BCUT2D eigenvalue weighted by atomic mass is 9.96. The van der Waals surface area contributed by atoms with Gasteiger partial charge in [-0.2, -0.15) is 11.8 Å². The maximum Gasteiger partial charge on any atom is 0.255 e. The van der Waals surface area contributed by atoms with Gasteiger partial charge in [0, 0.05) is 6.04 Å². The number of rotatable bonds is 8. The number of para-hydroxylation sites is 1. The number of benzene rings is 1. The molecule has 1 saturated carbocycles. The molecular weight excluding hydrogens is 360 g/mol. The van der Waals surface area contributed by atoms with E-state index in [1.165, 1.54) is 19.3 Å². The van der Waals surface area contributed by atoms with Crippen LogP contribution in [-0.2, 0) is 4.79 Å². The van der Waals surface area contributed by atoms with Crippen LogP contribution >= 0.6 is 11.8 Å². The van der Waals surface area contributed by atoms with Crippen molar-refractivity contribution in [2.24, 2.45) is 0 Å². The zero-order valence-corrected chi connectivity index (χ0v) is 17.3. The standard InChI is InChI=1S/C21H32N2O3S/c1-26-19-13-9-8-12-17(19)20(24)23-18(14-15-27-2)21(25)22-16-10-6-4-3-5-7-11-16/h8-9,12-13,16,18H,3-7,10-11,14-15H2,1-2H3,(H,22,25)(H,23,24). The van der Waals surface area contributed by atoms with E-state index in [4.69, 9.17) is 4.74 Å². The topological polar surface area (TPSA) is 67.4 Å². The monoisotopic (exact) mass is 392 g/mol. The van der Waals surface area contributed by atoms with Gasteiger partial charge in [0.05, 0.1) is 12.7 Å². The molecule has 1 aliphatic rings. The molecule has 0 bridgehead atoms. The van der Waals surface area contributed by atoms with E-state index in [1.807, 2.05) is 12.3 Å². The summed E-state index contributed by atoms with van der Waals surface area (Å²) in [6.45, 7) is 0. The summed E-state index contributed by atoms with van der Waals surface area (Å²) in [7, 11) is 1.54. The Labute approximate surface area is 167 Å². The zero-order chi connectivity index (χ0) is 19.5. The maximum absolute atomic E-state index is 12.9. The van der Waals surface area contributed by atoms with Crippen molar-refractivity contribution < 1.29 is 14.3 Å². The maximum atomic E-state index is 12.9. The molecule has 0 spiro atoms. The molecule has 1 unspecified atom stereocenters. The number of thioether (sulfide) groups is 1. The van der Waals surface area contributed by atoms with E-state index in [0.717, 1.165) is 31.4 Å². The summed E-state index contributed by atoms with van der Waals surface area (Å²) in [6, 6.07) is 6.77. The van der Waals surface area contributed by atoms with Crippen LogP contribution in [0.25, 0.3) is 0 Å². The van der Waals surface area contributed by atoms with Crippen LogP contribution in [0.5, 0.6) is 5.75 Å². The van der Waals surface area contributed by atoms with Crippen molar-refractivity contribution in [3.63, 3.8) is 0 Å². The van der Waals surface area contributed by atoms with Gasteiger partial charge in [0.15, 0.2) is 0 Å². The SMILES string of the molecule is COc1ccccc1C(=O)NC(CCSC)C(=O)NC1CCCCCCC1. The number of carbonyl (C=O) groups is 2. The molecule has 150 valence electrons. The zero-order valence-electron chi connectivity index (χ0n) is 16.5. The molecule has 27 heavy (non-hydrogen) atoms. The van der Waals surface area contributed by atoms with Crippen LogP contribution in [0.1, 0.15) is 61.7 Å². The highest BCUT2D eigenvalue weighted by molar-refractivity contribution is 7.98. The molecule has 1 atom stereocenters. The van der Waals surface area contributed by atoms with Crippen LogP contribution in [0, 0.1) is 0 Å². The Hall–Kier alpha value is -1.69. The molecule has 1 aromatic carbocycles. The van der Waals surface area contributed by atoms with Crippen molar-refractivity contribution in [2.75, 3.05) is 19.1 Å². The van der Waals surface area contributed by atoms with E-state index in [9.17, 15) is 9.59 Å². The average molecular weight is 393 g/mol. The summed E-state index contributed by atoms with van der Waals surface area (Å²) in [6.07, 6.45) is 10.8. The van der Waals surface area contributed by atoms with Crippen LogP contribution < -0.4 is 15.4 Å². The minimum atomic E-state index is -0.527. The Morgan fingerprint density at radius 1 is 1.15 bits per heavy atom. The first-order valence-electron chi connectivity index (χ1n) is 9.89. The van der Waals surface area contributed by atoms with Gasteiger partial charge in [-0.1, -0.05) is 44.2 Å². The predicted molar refractivity (Wildman–Crippen MR) is 111 cm³/mol. The van der Waals surface area contributed by atoms with Gasteiger partial charge in [-0.15, -0.1) is 0 Å². The summed E-state index contributed by atoms with van der Waals surface area (Å²) in [5.74, 6) is 0.984. The van der Waals surface area contributed by atoms with Gasteiger partial charge in [-0.3, -0.25) is 9.59 Å². The highest BCUT2D eigenvalue weighted by Crippen LogP contribution is 2.19. The van der Waals surface area contributed by atoms with Crippen molar-refractivity contribution in [3.8, 4) is 5.75 Å². The van der Waals surface area contributed by atoms with Crippen molar-refractivity contribution in [1.29, 1.82) is 0 Å². The van der Waals surface area contributed by atoms with Gasteiger partial charge in [-0.25, -0.2) is 0 Å². The number of methoxy groups -OCH3 is 1. The minimum Gasteiger partial charge on any atom is -0.496 e. The molecule has 1 aliphatic carbocycles. The van der Waals surface area contributed by atoms with E-state index in [-0.39, 0.29) is 17.9 Å². The fourth-order valence-electron chi connectivity index (χ4n) is 3.47. The Bertz CT molecular complexity index is 601. The molecule has 0 aromatic heterocycles. The van der Waals surface area contributed by atoms with Crippen LogP contribution in [0.3, 0.4) is 0 Å². The van der Waals surface area contributed by atoms with Gasteiger partial charge < -0.3 is 15.4 Å². The average Bonchev–Trinajstić information content (AvgIpc) is 2.66. The molecule has 0 radical (unpaired) electrons. The second-order valence-corrected chi connectivity index (χ2v) is 8.04. The molecule has 1 fully saturated rings. The molecule has 6 heteroatoms. The molecule has 0 aliphatic heterocycles. The lowest BCUT2D eigenvalue weighted by Crippen LogP contribution is -2.50. The van der Waals surface area contributed by atoms with Crippen LogP contribution in [0.4, 0.5) is 0 Å². The van der Waals surface area contributed by atoms with E-state index >= 15 is 0 Å². The molecule has 2 N–H and O–H groups in total. The highest BCUT2D eigenvalue weighted by Gasteiger charge is 2.24. The van der Waals surface area contributed by atoms with Crippen molar-refractivity contribution in [1.82, 2.24) is 10.6 Å². The fraction of sp³-hybridized carbons (Fsp3) is 0.619. The fourth-order valence-corrected chi connectivity index (χ4v) is 3.95. The van der Waals surface area contributed by atoms with Crippen molar-refractivity contribution >= 4 is 23.6 Å². The van der Waals surface area contributed by atoms with E-state index < -0.39 is 6.04 Å². The second-order valence-electron chi connectivity index (χ2n) is 7.06. The van der Waals surface area contributed by atoms with Crippen molar-refractivity contribution in [3.05, 3.63) is 29.8 Å². The van der Waals surface area contributed by atoms with E-state index in [1.54, 1.807) is 37.1 Å². The first-order chi connectivity index (χ1) is 13.2. The van der Waals surface area contributed by atoms with Gasteiger partial charge >= 0.3 is 0 Å². The number of hydrogen-bond acceptors (Lipinski definition) is 4. The summed E-state index contributed by atoms with van der Waals surface area (Å²) in [5, 5.41) is 6.10. The second kappa shape index (κ2) is 11.9.